The Bertz CT molecular complexity index is 542. The van der Waals surface area contributed by atoms with E-state index in [-0.39, 0.29) is 0 Å². The molecule has 0 spiro atoms. The summed E-state index contributed by atoms with van der Waals surface area (Å²) in [6.45, 7) is 0. The number of thioether (sulfide) groups is 2. The van der Waals surface area contributed by atoms with Crippen LogP contribution in [0.15, 0.2) is 10.2 Å². The van der Waals surface area contributed by atoms with Crippen molar-refractivity contribution in [2.24, 2.45) is 0 Å². The summed E-state index contributed by atoms with van der Waals surface area (Å²) in [4.78, 5) is 8.54. The minimum absolute atomic E-state index is 0.419. The van der Waals surface area contributed by atoms with Crippen LogP contribution >= 0.6 is 23.5 Å². The quantitative estimate of drug-likeness (QED) is 0.486. The first-order valence-electron chi connectivity index (χ1n) is 4.04. The maximum absolute atomic E-state index is 8.88. The van der Waals surface area contributed by atoms with Gasteiger partial charge in [0.05, 0.1) is 5.39 Å². The van der Waals surface area contributed by atoms with Crippen LogP contribution in [0.3, 0.4) is 0 Å². The number of hydrogen-bond acceptors (Lipinski definition) is 6. The number of nitrogens with one attached hydrogen (secondary N) is 1. The minimum Gasteiger partial charge on any atom is -0.265 e. The van der Waals surface area contributed by atoms with Crippen molar-refractivity contribution in [3.8, 4) is 6.07 Å². The Balaban J connectivity index is 2.79. The number of rotatable bonds is 2. The lowest BCUT2D eigenvalue weighted by Crippen LogP contribution is -1.90. The molecule has 0 saturated carbocycles. The summed E-state index contributed by atoms with van der Waals surface area (Å²) in [5.74, 6) is 0. The number of fused-ring (bicyclic) bond motifs is 1. The smallest absolute Gasteiger partial charge is 0.190 e. The van der Waals surface area contributed by atoms with Gasteiger partial charge >= 0.3 is 0 Å². The van der Waals surface area contributed by atoms with E-state index in [4.69, 9.17) is 5.26 Å². The molecule has 0 aliphatic rings. The first-order chi connectivity index (χ1) is 7.30. The maximum atomic E-state index is 8.88. The molecular formula is C8H7N5S2. The molecule has 7 heteroatoms. The Labute approximate surface area is 94.7 Å². The van der Waals surface area contributed by atoms with Crippen LogP contribution in [0, 0.1) is 11.3 Å². The molecule has 0 saturated heterocycles. The third-order valence-corrected chi connectivity index (χ3v) is 3.08. The van der Waals surface area contributed by atoms with E-state index < -0.39 is 0 Å². The monoisotopic (exact) mass is 237 g/mol. The molecule has 0 aromatic carbocycles. The minimum atomic E-state index is 0.419. The van der Waals surface area contributed by atoms with Gasteiger partial charge in [0.25, 0.3) is 0 Å². The van der Waals surface area contributed by atoms with Crippen molar-refractivity contribution in [3.63, 3.8) is 0 Å². The second-order valence-electron chi connectivity index (χ2n) is 2.63. The summed E-state index contributed by atoms with van der Waals surface area (Å²) in [7, 11) is 0. The first kappa shape index (κ1) is 10.3. The number of nitrogens with zero attached hydrogens (tertiary/aromatic N) is 4. The summed E-state index contributed by atoms with van der Waals surface area (Å²) in [6.07, 6.45) is 3.82. The highest BCUT2D eigenvalue weighted by molar-refractivity contribution is 7.99. The topological polar surface area (TPSA) is 78.2 Å². The third-order valence-electron chi connectivity index (χ3n) is 1.85. The fourth-order valence-corrected chi connectivity index (χ4v) is 2.19. The largest absolute Gasteiger partial charge is 0.265 e. The molecule has 5 nitrogen and oxygen atoms in total. The highest BCUT2D eigenvalue weighted by Crippen LogP contribution is 2.26. The molecule has 0 fully saturated rings. The molecule has 1 N–H and O–H groups in total. The highest BCUT2D eigenvalue weighted by Gasteiger charge is 2.13. The Morgan fingerprint density at radius 1 is 1.27 bits per heavy atom. The second-order valence-corrected chi connectivity index (χ2v) is 4.20. The average Bonchev–Trinajstić information content (AvgIpc) is 2.70. The van der Waals surface area contributed by atoms with Gasteiger partial charge in [-0.15, -0.1) is 11.8 Å². The molecule has 0 aliphatic carbocycles. The lowest BCUT2D eigenvalue weighted by atomic mass is 10.3. The molecule has 0 amide bonds. The molecule has 0 unspecified atom stereocenters. The summed E-state index contributed by atoms with van der Waals surface area (Å²) < 4.78 is 0. The Morgan fingerprint density at radius 3 is 2.67 bits per heavy atom. The fourth-order valence-electron chi connectivity index (χ4n) is 1.19. The van der Waals surface area contributed by atoms with Gasteiger partial charge in [-0.05, 0) is 12.5 Å². The van der Waals surface area contributed by atoms with Gasteiger partial charge in [-0.1, -0.05) is 11.8 Å². The van der Waals surface area contributed by atoms with Gasteiger partial charge in [-0.3, -0.25) is 5.10 Å². The Morgan fingerprint density at radius 2 is 2.07 bits per heavy atom. The number of aromatic amines is 1. The fraction of sp³-hybridized carbons (Fsp3) is 0.250. The zero-order chi connectivity index (χ0) is 10.8. The molecule has 0 aliphatic heterocycles. The third kappa shape index (κ3) is 1.66. The van der Waals surface area contributed by atoms with Crippen LogP contribution in [0.4, 0.5) is 0 Å². The molecule has 0 radical (unpaired) electrons. The number of aromatic nitrogens is 4. The van der Waals surface area contributed by atoms with Gasteiger partial charge in [0.1, 0.15) is 16.8 Å². The van der Waals surface area contributed by atoms with Crippen molar-refractivity contribution in [2.45, 2.75) is 10.2 Å². The average molecular weight is 237 g/mol. The Hall–Kier alpha value is -1.26. The van der Waals surface area contributed by atoms with Crippen molar-refractivity contribution in [1.29, 1.82) is 5.26 Å². The van der Waals surface area contributed by atoms with E-state index >= 15 is 0 Å². The molecule has 2 heterocycles. The van der Waals surface area contributed by atoms with Crippen LogP contribution in [0.2, 0.25) is 0 Å². The molecule has 2 rings (SSSR count). The molecule has 2 aromatic rings. The SMILES string of the molecule is CSc1nc(SC)c2c(C#N)[nH]nc2n1. The molecular weight excluding hydrogens is 230 g/mol. The van der Waals surface area contributed by atoms with E-state index in [0.717, 1.165) is 5.03 Å². The molecule has 15 heavy (non-hydrogen) atoms. The zero-order valence-electron chi connectivity index (χ0n) is 8.11. The maximum Gasteiger partial charge on any atom is 0.190 e. The summed E-state index contributed by atoms with van der Waals surface area (Å²) >= 11 is 2.94. The van der Waals surface area contributed by atoms with Crippen molar-refractivity contribution in [3.05, 3.63) is 5.69 Å². The van der Waals surface area contributed by atoms with Crippen LogP contribution in [0.1, 0.15) is 5.69 Å². The predicted molar refractivity (Wildman–Crippen MR) is 60.0 cm³/mol. The second kappa shape index (κ2) is 4.08. The van der Waals surface area contributed by atoms with E-state index in [2.05, 4.69) is 20.2 Å². The van der Waals surface area contributed by atoms with Crippen LogP contribution in [0.5, 0.6) is 0 Å². The van der Waals surface area contributed by atoms with Gasteiger partial charge in [0.2, 0.25) is 0 Å². The van der Waals surface area contributed by atoms with E-state index in [1.54, 1.807) is 0 Å². The first-order valence-corrected chi connectivity index (χ1v) is 6.49. The standard InChI is InChI=1S/C8H7N5S2/c1-14-7-5-4(3-9)12-13-6(5)10-8(11-7)15-2/h1-2H3,(H,10,11,12,13). The van der Waals surface area contributed by atoms with Gasteiger partial charge in [-0.2, -0.15) is 10.4 Å². The molecule has 2 aromatic heterocycles. The Kier molecular flexibility index (Phi) is 2.79. The molecule has 76 valence electrons. The van der Waals surface area contributed by atoms with Crippen LogP contribution in [0.25, 0.3) is 11.0 Å². The molecule has 0 bridgehead atoms. The van der Waals surface area contributed by atoms with Crippen LogP contribution in [-0.2, 0) is 0 Å². The van der Waals surface area contributed by atoms with Crippen LogP contribution < -0.4 is 0 Å². The van der Waals surface area contributed by atoms with E-state index in [0.29, 0.717) is 21.9 Å². The summed E-state index contributed by atoms with van der Waals surface area (Å²) in [5.41, 5.74) is 0.970. The lowest BCUT2D eigenvalue weighted by Gasteiger charge is -1.99. The lowest BCUT2D eigenvalue weighted by molar-refractivity contribution is 0.925. The van der Waals surface area contributed by atoms with Crippen molar-refractivity contribution in [1.82, 2.24) is 20.2 Å². The van der Waals surface area contributed by atoms with Gasteiger partial charge < -0.3 is 0 Å². The highest BCUT2D eigenvalue weighted by atomic mass is 32.2. The number of nitriles is 1. The van der Waals surface area contributed by atoms with Gasteiger partial charge in [-0.25, -0.2) is 9.97 Å². The van der Waals surface area contributed by atoms with Crippen molar-refractivity contribution in [2.75, 3.05) is 12.5 Å². The van der Waals surface area contributed by atoms with Gasteiger partial charge in [0, 0.05) is 0 Å². The molecule has 0 atom stereocenters. The van der Waals surface area contributed by atoms with Crippen molar-refractivity contribution < 1.29 is 0 Å². The van der Waals surface area contributed by atoms with E-state index in [1.807, 2.05) is 18.6 Å². The van der Waals surface area contributed by atoms with E-state index in [1.165, 1.54) is 23.5 Å². The number of H-pyrrole nitrogens is 1. The van der Waals surface area contributed by atoms with Gasteiger partial charge in [0.15, 0.2) is 10.8 Å². The normalized spacial score (nSPS) is 10.5. The van der Waals surface area contributed by atoms with E-state index in [9.17, 15) is 0 Å². The zero-order valence-corrected chi connectivity index (χ0v) is 9.74. The number of hydrogen-bond donors (Lipinski definition) is 1. The summed E-state index contributed by atoms with van der Waals surface area (Å²) in [6, 6.07) is 2.04. The van der Waals surface area contributed by atoms with Crippen LogP contribution in [-0.4, -0.2) is 32.7 Å². The van der Waals surface area contributed by atoms with Crippen molar-refractivity contribution >= 4 is 34.6 Å². The predicted octanol–water partition coefficient (Wildman–Crippen LogP) is 1.67. The summed E-state index contributed by atoms with van der Waals surface area (Å²) in [5, 5.41) is 17.7.